The Bertz CT molecular complexity index is 164. The van der Waals surface area contributed by atoms with E-state index in [1.807, 2.05) is 0 Å². The summed E-state index contributed by atoms with van der Waals surface area (Å²) in [5.74, 6) is 0. The molecule has 0 radical (unpaired) electrons. The molecule has 96 valence electrons. The van der Waals surface area contributed by atoms with E-state index in [4.69, 9.17) is 14.6 Å². The van der Waals surface area contributed by atoms with Crippen molar-refractivity contribution < 1.29 is 14.6 Å². The van der Waals surface area contributed by atoms with Gasteiger partial charge in [0.25, 0.3) is 0 Å². The maximum absolute atomic E-state index is 8.55. The van der Waals surface area contributed by atoms with Gasteiger partial charge in [-0.15, -0.1) is 0 Å². The summed E-state index contributed by atoms with van der Waals surface area (Å²) in [4.78, 5) is 0. The van der Waals surface area contributed by atoms with Crippen LogP contribution in [0.25, 0.3) is 0 Å². The number of aliphatic hydroxyl groups excluding tert-OH is 1. The standard InChI is InChI=1S/C12H25NO3/c1-2-3-12-10-11(4-7-16-12)13-5-8-15-9-6-14/h11-14H,2-10H2,1H3. The van der Waals surface area contributed by atoms with Crippen molar-refractivity contribution in [3.63, 3.8) is 0 Å². The molecule has 4 nitrogen and oxygen atoms in total. The Balaban J connectivity index is 2.02. The number of hydrogen-bond acceptors (Lipinski definition) is 4. The van der Waals surface area contributed by atoms with E-state index < -0.39 is 0 Å². The van der Waals surface area contributed by atoms with Gasteiger partial charge in [0.15, 0.2) is 0 Å². The fraction of sp³-hybridized carbons (Fsp3) is 1.00. The molecule has 1 fully saturated rings. The van der Waals surface area contributed by atoms with Gasteiger partial charge in [-0.1, -0.05) is 13.3 Å². The first-order valence-corrected chi connectivity index (χ1v) is 6.40. The number of ether oxygens (including phenoxy) is 2. The summed E-state index contributed by atoms with van der Waals surface area (Å²) < 4.78 is 10.9. The van der Waals surface area contributed by atoms with Gasteiger partial charge < -0.3 is 19.9 Å². The summed E-state index contributed by atoms with van der Waals surface area (Å²) in [6.45, 7) is 5.16. The summed E-state index contributed by atoms with van der Waals surface area (Å²) in [7, 11) is 0. The SMILES string of the molecule is CCCC1CC(NCCOCCO)CCO1. The average Bonchev–Trinajstić information content (AvgIpc) is 2.30. The highest BCUT2D eigenvalue weighted by Gasteiger charge is 2.20. The minimum absolute atomic E-state index is 0.107. The highest BCUT2D eigenvalue weighted by molar-refractivity contribution is 4.76. The second kappa shape index (κ2) is 8.93. The van der Waals surface area contributed by atoms with E-state index in [1.54, 1.807) is 0 Å². The Morgan fingerprint density at radius 3 is 3.06 bits per heavy atom. The van der Waals surface area contributed by atoms with Crippen molar-refractivity contribution in [3.05, 3.63) is 0 Å². The van der Waals surface area contributed by atoms with E-state index >= 15 is 0 Å². The first-order valence-electron chi connectivity index (χ1n) is 6.40. The predicted octanol–water partition coefficient (Wildman–Crippen LogP) is 0.933. The maximum atomic E-state index is 8.55. The Morgan fingerprint density at radius 2 is 2.31 bits per heavy atom. The topological polar surface area (TPSA) is 50.7 Å². The van der Waals surface area contributed by atoms with Crippen molar-refractivity contribution in [3.8, 4) is 0 Å². The fourth-order valence-corrected chi connectivity index (χ4v) is 2.09. The monoisotopic (exact) mass is 231 g/mol. The zero-order chi connectivity index (χ0) is 11.6. The number of hydrogen-bond donors (Lipinski definition) is 2. The highest BCUT2D eigenvalue weighted by Crippen LogP contribution is 2.17. The van der Waals surface area contributed by atoms with Crippen LogP contribution in [0.4, 0.5) is 0 Å². The van der Waals surface area contributed by atoms with E-state index in [0.717, 1.165) is 26.0 Å². The third-order valence-electron chi connectivity index (χ3n) is 2.89. The van der Waals surface area contributed by atoms with E-state index in [-0.39, 0.29) is 6.61 Å². The first-order chi connectivity index (χ1) is 7.86. The summed E-state index contributed by atoms with van der Waals surface area (Å²) in [5, 5.41) is 12.0. The Labute approximate surface area is 98.3 Å². The van der Waals surface area contributed by atoms with E-state index in [9.17, 15) is 0 Å². The summed E-state index contributed by atoms with van der Waals surface area (Å²) in [6, 6.07) is 0.572. The van der Waals surface area contributed by atoms with E-state index in [1.165, 1.54) is 12.8 Å². The van der Waals surface area contributed by atoms with Crippen LogP contribution in [0.2, 0.25) is 0 Å². The van der Waals surface area contributed by atoms with Crippen molar-refractivity contribution in [1.82, 2.24) is 5.32 Å². The molecule has 1 saturated heterocycles. The van der Waals surface area contributed by atoms with Crippen molar-refractivity contribution in [2.24, 2.45) is 0 Å². The number of nitrogens with one attached hydrogen (secondary N) is 1. The smallest absolute Gasteiger partial charge is 0.0698 e. The van der Waals surface area contributed by atoms with Gasteiger partial charge in [0.05, 0.1) is 25.9 Å². The largest absolute Gasteiger partial charge is 0.394 e. The zero-order valence-corrected chi connectivity index (χ0v) is 10.3. The van der Waals surface area contributed by atoms with Crippen molar-refractivity contribution in [1.29, 1.82) is 0 Å². The number of aliphatic hydroxyl groups is 1. The normalized spacial score (nSPS) is 25.9. The fourth-order valence-electron chi connectivity index (χ4n) is 2.09. The Kier molecular flexibility index (Phi) is 7.76. The lowest BCUT2D eigenvalue weighted by atomic mass is 10.0. The minimum Gasteiger partial charge on any atom is -0.394 e. The molecular weight excluding hydrogens is 206 g/mol. The molecule has 2 atom stereocenters. The molecule has 0 amide bonds. The van der Waals surface area contributed by atoms with Gasteiger partial charge in [-0.2, -0.15) is 0 Å². The molecule has 4 heteroatoms. The van der Waals surface area contributed by atoms with Crippen LogP contribution in [0.5, 0.6) is 0 Å². The van der Waals surface area contributed by atoms with E-state index in [2.05, 4.69) is 12.2 Å². The molecule has 1 aliphatic heterocycles. The van der Waals surface area contributed by atoms with Crippen LogP contribution < -0.4 is 5.32 Å². The van der Waals surface area contributed by atoms with Gasteiger partial charge in [0.1, 0.15) is 0 Å². The van der Waals surface area contributed by atoms with Crippen molar-refractivity contribution in [2.75, 3.05) is 33.0 Å². The lowest BCUT2D eigenvalue weighted by Gasteiger charge is -2.30. The summed E-state index contributed by atoms with van der Waals surface area (Å²) >= 11 is 0. The van der Waals surface area contributed by atoms with Gasteiger partial charge in [-0.25, -0.2) is 0 Å². The van der Waals surface area contributed by atoms with Crippen LogP contribution in [-0.2, 0) is 9.47 Å². The maximum Gasteiger partial charge on any atom is 0.0698 e. The van der Waals surface area contributed by atoms with Gasteiger partial charge in [0.2, 0.25) is 0 Å². The molecule has 16 heavy (non-hydrogen) atoms. The van der Waals surface area contributed by atoms with E-state index in [0.29, 0.717) is 25.4 Å². The molecule has 1 rings (SSSR count). The second-order valence-electron chi connectivity index (χ2n) is 4.29. The van der Waals surface area contributed by atoms with Crippen LogP contribution in [0, 0.1) is 0 Å². The molecule has 1 heterocycles. The van der Waals surface area contributed by atoms with Crippen LogP contribution >= 0.6 is 0 Å². The lowest BCUT2D eigenvalue weighted by molar-refractivity contribution is -0.00467. The predicted molar refractivity (Wildman–Crippen MR) is 63.6 cm³/mol. The third kappa shape index (κ3) is 5.80. The molecular formula is C12H25NO3. The highest BCUT2D eigenvalue weighted by atomic mass is 16.5. The van der Waals surface area contributed by atoms with Crippen LogP contribution in [-0.4, -0.2) is 50.2 Å². The van der Waals surface area contributed by atoms with Crippen LogP contribution in [0.3, 0.4) is 0 Å². The lowest BCUT2D eigenvalue weighted by Crippen LogP contribution is -2.40. The molecule has 2 N–H and O–H groups in total. The summed E-state index contributed by atoms with van der Waals surface area (Å²) in [6.07, 6.45) is 5.01. The second-order valence-corrected chi connectivity index (χ2v) is 4.29. The van der Waals surface area contributed by atoms with Crippen molar-refractivity contribution >= 4 is 0 Å². The van der Waals surface area contributed by atoms with Gasteiger partial charge in [-0.3, -0.25) is 0 Å². The Morgan fingerprint density at radius 1 is 1.44 bits per heavy atom. The minimum atomic E-state index is 0.107. The van der Waals surface area contributed by atoms with Crippen LogP contribution in [0.1, 0.15) is 32.6 Å². The van der Waals surface area contributed by atoms with Gasteiger partial charge in [0, 0.05) is 19.2 Å². The van der Waals surface area contributed by atoms with Gasteiger partial charge in [-0.05, 0) is 19.3 Å². The first kappa shape index (κ1) is 13.9. The average molecular weight is 231 g/mol. The molecule has 1 aliphatic rings. The zero-order valence-electron chi connectivity index (χ0n) is 10.3. The molecule has 0 aliphatic carbocycles. The molecule has 0 spiro atoms. The molecule has 0 aromatic carbocycles. The van der Waals surface area contributed by atoms with Crippen molar-refractivity contribution in [2.45, 2.75) is 44.8 Å². The quantitative estimate of drug-likeness (QED) is 0.610. The third-order valence-corrected chi connectivity index (χ3v) is 2.89. The Hall–Kier alpha value is -0.160. The molecule has 2 unspecified atom stereocenters. The molecule has 0 bridgehead atoms. The molecule has 0 saturated carbocycles. The molecule has 0 aromatic heterocycles. The summed E-state index contributed by atoms with van der Waals surface area (Å²) in [5.41, 5.74) is 0. The molecule has 0 aromatic rings. The van der Waals surface area contributed by atoms with Crippen LogP contribution in [0.15, 0.2) is 0 Å². The van der Waals surface area contributed by atoms with Gasteiger partial charge >= 0.3 is 0 Å². The number of rotatable bonds is 8.